The van der Waals surface area contributed by atoms with Crippen molar-refractivity contribution in [1.82, 2.24) is 21.3 Å². The number of esters is 3. The Kier molecular flexibility index (Phi) is 23.9. The first kappa shape index (κ1) is 74.5. The normalized spacial score (nSPS) is 25.3. The number of Topliss-reactive ketones (excluding diaryl/α,β-unsaturated/α-hetero) is 2. The summed E-state index contributed by atoms with van der Waals surface area (Å²) in [7, 11) is 0. The van der Waals surface area contributed by atoms with Gasteiger partial charge in [-0.3, -0.25) is 43.2 Å². The van der Waals surface area contributed by atoms with Crippen molar-refractivity contribution in [2.45, 2.75) is 174 Å². The zero-order valence-electron chi connectivity index (χ0n) is 56.1. The molecule has 0 spiro atoms. The molecule has 524 valence electrons. The number of hydrogen-bond acceptors (Lipinski definition) is 16. The first-order valence-corrected chi connectivity index (χ1v) is 33.2. The average Bonchev–Trinajstić information content (AvgIpc) is 0.674. The van der Waals surface area contributed by atoms with Crippen molar-refractivity contribution in [3.8, 4) is 0 Å². The molecular formula is C74H88F2N6O16. The Morgan fingerprint density at radius 3 is 2.02 bits per heavy atom. The highest BCUT2D eigenvalue weighted by Crippen LogP contribution is 2.70. The molecule has 24 heteroatoms. The quantitative estimate of drug-likeness (QED) is 0.00885. The SMILES string of the molecule is CC1=C2[C@@H](C)C(=O)[C@@]3(C)[C@H]([C@H](OC(=O)c4ccccc4)[C@](O)(C[C@@H]1OC(=O)[C@H](OC(=O)CCC(=O)NCCCCC(NC(=O)CC[C@H](CC(=O)C(C)NC(=O)/C=C/c1ccc(F)cc1F)C(N)=O)C(N)=O)[C@@H](NC(=O)c1ccccc1)c1ccccc1)C2(C)C)[C@]1(C)CC[C@@H]1C[C@@H]3O. The Morgan fingerprint density at radius 2 is 1.41 bits per heavy atom. The Hall–Kier alpha value is -9.29. The van der Waals surface area contributed by atoms with Gasteiger partial charge < -0.3 is 57.2 Å². The zero-order valence-corrected chi connectivity index (χ0v) is 56.1. The van der Waals surface area contributed by atoms with Crippen LogP contribution in [0.1, 0.15) is 163 Å². The molecule has 3 saturated carbocycles. The van der Waals surface area contributed by atoms with Crippen LogP contribution in [0.2, 0.25) is 0 Å². The second kappa shape index (κ2) is 31.5. The number of benzene rings is 4. The van der Waals surface area contributed by atoms with Gasteiger partial charge in [-0.05, 0) is 136 Å². The number of primary amides is 2. The van der Waals surface area contributed by atoms with Crippen LogP contribution in [0.3, 0.4) is 0 Å². The van der Waals surface area contributed by atoms with Gasteiger partial charge in [0, 0.05) is 78.7 Å². The number of rotatable bonds is 29. The molecule has 0 saturated heterocycles. The van der Waals surface area contributed by atoms with Gasteiger partial charge in [-0.1, -0.05) is 94.4 Å². The van der Waals surface area contributed by atoms with Crippen LogP contribution in [0.25, 0.3) is 6.08 Å². The Morgan fingerprint density at radius 1 is 0.765 bits per heavy atom. The predicted molar refractivity (Wildman–Crippen MR) is 354 cm³/mol. The second-order valence-corrected chi connectivity index (χ2v) is 27.4. The minimum Gasteiger partial charge on any atom is -0.455 e. The maximum absolute atomic E-state index is 15.5. The fraction of sp³-hybridized carbons (Fsp3) is 0.473. The maximum atomic E-state index is 15.5. The molecule has 2 bridgehead atoms. The van der Waals surface area contributed by atoms with Crippen LogP contribution in [-0.4, -0.2) is 124 Å². The van der Waals surface area contributed by atoms with Crippen LogP contribution >= 0.6 is 0 Å². The van der Waals surface area contributed by atoms with E-state index in [2.05, 4.69) is 21.3 Å². The lowest BCUT2D eigenvalue weighted by atomic mass is 9.37. The molecule has 2 unspecified atom stereocenters. The lowest BCUT2D eigenvalue weighted by molar-refractivity contribution is -0.265. The molecule has 22 nitrogen and oxygen atoms in total. The Balaban J connectivity index is 0.929. The van der Waals surface area contributed by atoms with Gasteiger partial charge in [-0.15, -0.1) is 0 Å². The van der Waals surface area contributed by atoms with Crippen molar-refractivity contribution in [3.05, 3.63) is 160 Å². The Labute approximate surface area is 567 Å². The molecule has 0 heterocycles. The van der Waals surface area contributed by atoms with E-state index in [9.17, 15) is 62.1 Å². The number of amides is 6. The number of carbonyl (C=O) groups is 11. The number of unbranched alkanes of at least 4 members (excludes halogenated alkanes) is 1. The molecule has 4 aromatic carbocycles. The average molecular weight is 1360 g/mol. The highest BCUT2D eigenvalue weighted by molar-refractivity contribution is 5.98. The summed E-state index contributed by atoms with van der Waals surface area (Å²) in [6, 6.07) is 23.5. The first-order chi connectivity index (χ1) is 46.3. The number of ketones is 2. The van der Waals surface area contributed by atoms with Gasteiger partial charge in [-0.25, -0.2) is 18.4 Å². The molecule has 10 N–H and O–H groups in total. The van der Waals surface area contributed by atoms with E-state index >= 15 is 9.59 Å². The molecule has 98 heavy (non-hydrogen) atoms. The van der Waals surface area contributed by atoms with Gasteiger partial charge in [0.25, 0.3) is 5.91 Å². The van der Waals surface area contributed by atoms with Gasteiger partial charge in [0.05, 0.1) is 29.5 Å². The van der Waals surface area contributed by atoms with Crippen LogP contribution in [0.15, 0.2) is 126 Å². The van der Waals surface area contributed by atoms with Gasteiger partial charge in [0.15, 0.2) is 5.78 Å². The van der Waals surface area contributed by atoms with E-state index in [0.29, 0.717) is 35.6 Å². The van der Waals surface area contributed by atoms with E-state index in [-0.39, 0.29) is 67.0 Å². The molecule has 0 radical (unpaired) electrons. The molecule has 4 aliphatic carbocycles. The minimum absolute atomic E-state index is 0.0271. The lowest BCUT2D eigenvalue weighted by Crippen LogP contribution is -2.74. The van der Waals surface area contributed by atoms with E-state index in [1.54, 1.807) is 126 Å². The van der Waals surface area contributed by atoms with Gasteiger partial charge in [0.1, 0.15) is 47.3 Å². The van der Waals surface area contributed by atoms with Crippen LogP contribution in [-0.2, 0) is 57.4 Å². The highest BCUT2D eigenvalue weighted by Gasteiger charge is 2.74. The monoisotopic (exact) mass is 1350 g/mol. The number of nitrogens with two attached hydrogens (primary N) is 2. The number of halogens is 2. The molecule has 14 atom stereocenters. The van der Waals surface area contributed by atoms with Gasteiger partial charge in [-0.2, -0.15) is 0 Å². The molecule has 4 aromatic rings. The molecule has 0 aromatic heterocycles. The van der Waals surface area contributed by atoms with E-state index in [1.165, 1.54) is 6.92 Å². The third-order valence-corrected chi connectivity index (χ3v) is 20.9. The van der Waals surface area contributed by atoms with E-state index < -0.39 is 179 Å². The van der Waals surface area contributed by atoms with Crippen LogP contribution < -0.4 is 32.7 Å². The van der Waals surface area contributed by atoms with Crippen molar-refractivity contribution in [2.75, 3.05) is 6.54 Å². The van der Waals surface area contributed by atoms with Crippen molar-refractivity contribution in [1.29, 1.82) is 0 Å². The lowest BCUT2D eigenvalue weighted by Gasteiger charge is -2.68. The fourth-order valence-corrected chi connectivity index (χ4v) is 15.1. The number of fused-ring (bicyclic) bond motifs is 5. The third kappa shape index (κ3) is 16.5. The summed E-state index contributed by atoms with van der Waals surface area (Å²) in [6.07, 6.45) is -4.16. The van der Waals surface area contributed by atoms with Crippen LogP contribution in [0.4, 0.5) is 8.78 Å². The zero-order chi connectivity index (χ0) is 71.6. The molecule has 0 aliphatic heterocycles. The molecule has 6 amide bonds. The van der Waals surface area contributed by atoms with Crippen molar-refractivity contribution in [2.24, 2.45) is 51.4 Å². The summed E-state index contributed by atoms with van der Waals surface area (Å²) >= 11 is 0. The molecule has 4 aliphatic rings. The van der Waals surface area contributed by atoms with Crippen molar-refractivity contribution < 1.29 is 85.9 Å². The van der Waals surface area contributed by atoms with E-state index in [1.807, 2.05) is 6.92 Å². The number of ether oxygens (including phenoxy) is 3. The summed E-state index contributed by atoms with van der Waals surface area (Å²) < 4.78 is 46.4. The largest absolute Gasteiger partial charge is 0.455 e. The number of nitrogens with one attached hydrogen (secondary N) is 4. The molecule has 3 fully saturated rings. The standard InChI is InChI=1S/C74H88F2N6O16/c1-41-54(40-74(95)65(98-69(93)47-23-15-10-16-24-47)63-72(6)35-34-49(72)38-55(84)73(63,7)64(89)42(2)60(41)71(74,4)5)96-70(94)62(61(45-19-11-8-12-20-45)82-68(92)46-21-13-9-14-22-46)97-59(88)33-32-56(85)79-36-18-17-25-52(67(78)91)81-58(87)31-28-48(66(77)90)37-53(83)43(3)80-57(86)30-27-44-26-29-50(75)39-51(44)76/h8-16,19-24,26-27,29-30,39,42-43,48-49,52,54-55,61-63,65,84,95H,17-18,25,28,31-38,40H2,1-7H3,(H2,77,90)(H2,78,91)(H,79,85)(H,80,86)(H,81,87)(H,82,92)/b30-27+/t42-,43?,48-,49-,52?,54+,55+,61+,62-,63-,65+,72-,73-,74-/m1/s1. The predicted octanol–water partition coefficient (Wildman–Crippen LogP) is 7.08. The second-order valence-electron chi connectivity index (χ2n) is 27.4. The molecular weight excluding hydrogens is 1270 g/mol. The third-order valence-electron chi connectivity index (χ3n) is 20.9. The maximum Gasteiger partial charge on any atom is 0.350 e. The van der Waals surface area contributed by atoms with Crippen molar-refractivity contribution in [3.63, 3.8) is 0 Å². The first-order valence-electron chi connectivity index (χ1n) is 33.2. The summed E-state index contributed by atoms with van der Waals surface area (Å²) in [5.74, 6) is -13.3. The summed E-state index contributed by atoms with van der Waals surface area (Å²) in [5.41, 5.74) is 6.85. The van der Waals surface area contributed by atoms with Gasteiger partial charge >= 0.3 is 17.9 Å². The highest BCUT2D eigenvalue weighted by atomic mass is 19.1. The Bertz CT molecular complexity index is 3740. The smallest absolute Gasteiger partial charge is 0.350 e. The van der Waals surface area contributed by atoms with Crippen LogP contribution in [0, 0.1) is 51.6 Å². The fourth-order valence-electron chi connectivity index (χ4n) is 15.1. The minimum atomic E-state index is -2.12. The van der Waals surface area contributed by atoms with Gasteiger partial charge in [0.2, 0.25) is 35.6 Å². The van der Waals surface area contributed by atoms with Crippen LogP contribution in [0.5, 0.6) is 0 Å². The summed E-state index contributed by atoms with van der Waals surface area (Å²) in [6.45, 7) is 12.0. The number of aliphatic hydroxyl groups excluding tert-OH is 1. The number of aliphatic hydroxyl groups is 2. The van der Waals surface area contributed by atoms with E-state index in [0.717, 1.165) is 30.7 Å². The van der Waals surface area contributed by atoms with E-state index in [4.69, 9.17) is 25.7 Å². The molecule has 8 rings (SSSR count). The number of hydrogen-bond donors (Lipinski definition) is 8. The number of carbonyl (C=O) groups excluding carboxylic acids is 11. The summed E-state index contributed by atoms with van der Waals surface area (Å²) in [5, 5.41) is 36.6. The summed E-state index contributed by atoms with van der Waals surface area (Å²) in [4.78, 5) is 150. The topological polar surface area (TPSA) is 356 Å². The van der Waals surface area contributed by atoms with Crippen molar-refractivity contribution >= 4 is 71.0 Å².